The summed E-state index contributed by atoms with van der Waals surface area (Å²) in [6.07, 6.45) is 0. The Bertz CT molecular complexity index is 83.0. The lowest BCUT2D eigenvalue weighted by atomic mass is 11.0. The Balaban J connectivity index is 3.58. The minimum atomic E-state index is -2.20. The van der Waals surface area contributed by atoms with Crippen LogP contribution in [0.25, 0.3) is 0 Å². The van der Waals surface area contributed by atoms with Crippen molar-refractivity contribution in [3.8, 4) is 0 Å². The van der Waals surface area contributed by atoms with Gasteiger partial charge in [-0.15, -0.1) is 0 Å². The molecule has 0 aromatic carbocycles. The summed E-state index contributed by atoms with van der Waals surface area (Å²) in [7, 11) is -2.89. The Hall–Kier alpha value is 0.354. The summed E-state index contributed by atoms with van der Waals surface area (Å²) < 4.78 is 5.38. The zero-order valence-corrected chi connectivity index (χ0v) is 8.56. The van der Waals surface area contributed by atoms with Gasteiger partial charge in [0.1, 0.15) is 0 Å². The first kappa shape index (κ1) is 9.35. The molecular formula is C5H15O2Si2. The molecule has 1 unspecified atom stereocenters. The Morgan fingerprint density at radius 3 is 2.11 bits per heavy atom. The van der Waals surface area contributed by atoms with Gasteiger partial charge in [-0.25, -0.2) is 0 Å². The van der Waals surface area contributed by atoms with Gasteiger partial charge in [-0.3, -0.25) is 0 Å². The molecule has 1 radical (unpaired) electrons. The van der Waals surface area contributed by atoms with Gasteiger partial charge in [0.05, 0.1) is 0 Å². The van der Waals surface area contributed by atoms with Crippen LogP contribution < -0.4 is 0 Å². The maximum absolute atomic E-state index is 9.44. The molecule has 0 aliphatic carbocycles. The van der Waals surface area contributed by atoms with E-state index in [0.29, 0.717) is 0 Å². The third-order valence-corrected chi connectivity index (χ3v) is 5.78. The first-order valence-electron chi connectivity index (χ1n) is 3.19. The van der Waals surface area contributed by atoms with E-state index in [4.69, 9.17) is 4.12 Å². The molecule has 0 aliphatic heterocycles. The van der Waals surface area contributed by atoms with Gasteiger partial charge in [-0.1, -0.05) is 6.92 Å². The number of rotatable bonds is 3. The highest BCUT2D eigenvalue weighted by Crippen LogP contribution is 2.06. The van der Waals surface area contributed by atoms with Crippen LogP contribution in [-0.2, 0) is 4.12 Å². The molecule has 0 aromatic rings. The smallest absolute Gasteiger partial charge is 0.321 e. The third kappa shape index (κ3) is 4.83. The van der Waals surface area contributed by atoms with Gasteiger partial charge in [0.25, 0.3) is 0 Å². The molecule has 55 valence electrons. The molecule has 0 fully saturated rings. The molecule has 2 nitrogen and oxygen atoms in total. The van der Waals surface area contributed by atoms with E-state index in [0.717, 1.165) is 6.04 Å². The van der Waals surface area contributed by atoms with E-state index in [1.54, 1.807) is 0 Å². The van der Waals surface area contributed by atoms with Crippen molar-refractivity contribution in [1.29, 1.82) is 0 Å². The lowest BCUT2D eigenvalue weighted by molar-refractivity contribution is 0.388. The van der Waals surface area contributed by atoms with Gasteiger partial charge in [-0.05, 0) is 25.7 Å². The molecule has 0 heterocycles. The molecule has 0 saturated carbocycles. The molecule has 4 heteroatoms. The largest absolute Gasteiger partial charge is 0.436 e. The van der Waals surface area contributed by atoms with Crippen LogP contribution in [0.2, 0.25) is 25.7 Å². The van der Waals surface area contributed by atoms with Crippen LogP contribution >= 0.6 is 0 Å². The SMILES string of the molecule is CC[Si](C)(O)O[Si](C)C. The van der Waals surface area contributed by atoms with Crippen molar-refractivity contribution in [2.75, 3.05) is 0 Å². The Morgan fingerprint density at radius 1 is 1.56 bits per heavy atom. The van der Waals surface area contributed by atoms with Crippen LogP contribution in [0, 0.1) is 0 Å². The molecular weight excluding hydrogens is 148 g/mol. The monoisotopic (exact) mass is 163 g/mol. The molecule has 0 saturated heterocycles. The highest BCUT2D eigenvalue weighted by atomic mass is 28.4. The van der Waals surface area contributed by atoms with Crippen LogP contribution in [0.5, 0.6) is 0 Å². The molecule has 9 heavy (non-hydrogen) atoms. The average molecular weight is 163 g/mol. The van der Waals surface area contributed by atoms with Crippen molar-refractivity contribution >= 4 is 17.6 Å². The predicted molar refractivity (Wildman–Crippen MR) is 42.9 cm³/mol. The maximum Gasteiger partial charge on any atom is 0.321 e. The van der Waals surface area contributed by atoms with E-state index in [9.17, 15) is 4.80 Å². The normalized spacial score (nSPS) is 18.0. The second-order valence-corrected chi connectivity index (χ2v) is 8.23. The molecule has 1 atom stereocenters. The van der Waals surface area contributed by atoms with Gasteiger partial charge >= 0.3 is 8.56 Å². The van der Waals surface area contributed by atoms with E-state index >= 15 is 0 Å². The van der Waals surface area contributed by atoms with E-state index in [2.05, 4.69) is 0 Å². The highest BCUT2D eigenvalue weighted by Gasteiger charge is 2.24. The quantitative estimate of drug-likeness (QED) is 0.636. The van der Waals surface area contributed by atoms with Crippen LogP contribution in [0.4, 0.5) is 0 Å². The summed E-state index contributed by atoms with van der Waals surface area (Å²) in [4.78, 5) is 9.44. The van der Waals surface area contributed by atoms with Gasteiger partial charge in [0.2, 0.25) is 0 Å². The Morgan fingerprint density at radius 2 is 2.00 bits per heavy atom. The fraction of sp³-hybridized carbons (Fsp3) is 1.00. The molecule has 1 N–H and O–H groups in total. The second-order valence-electron chi connectivity index (χ2n) is 2.54. The summed E-state index contributed by atoms with van der Waals surface area (Å²) >= 11 is 0. The van der Waals surface area contributed by atoms with Crippen molar-refractivity contribution in [3.63, 3.8) is 0 Å². The topological polar surface area (TPSA) is 29.5 Å². The van der Waals surface area contributed by atoms with Crippen molar-refractivity contribution in [3.05, 3.63) is 0 Å². The number of hydrogen-bond acceptors (Lipinski definition) is 2. The van der Waals surface area contributed by atoms with Gasteiger partial charge in [-0.2, -0.15) is 0 Å². The van der Waals surface area contributed by atoms with Crippen molar-refractivity contribution in [2.45, 2.75) is 32.6 Å². The Kier molecular flexibility index (Phi) is 3.64. The van der Waals surface area contributed by atoms with Crippen LogP contribution in [0.15, 0.2) is 0 Å². The van der Waals surface area contributed by atoms with Crippen LogP contribution in [0.3, 0.4) is 0 Å². The first-order valence-corrected chi connectivity index (χ1v) is 8.16. The zero-order chi connectivity index (χ0) is 7.49. The lowest BCUT2D eigenvalue weighted by Gasteiger charge is -2.20. The van der Waals surface area contributed by atoms with Crippen molar-refractivity contribution < 1.29 is 8.91 Å². The zero-order valence-electron chi connectivity index (χ0n) is 6.56. The second kappa shape index (κ2) is 3.50. The predicted octanol–water partition coefficient (Wildman–Crippen LogP) is 1.34. The van der Waals surface area contributed by atoms with Crippen LogP contribution in [0.1, 0.15) is 6.92 Å². The third-order valence-electron chi connectivity index (χ3n) is 1.08. The standard InChI is InChI=1S/C5H15O2Si2/c1-5-9(4,6)7-8(2)3/h6H,5H2,1-4H3. The summed E-state index contributed by atoms with van der Waals surface area (Å²) in [5, 5.41) is 0. The molecule has 0 aliphatic rings. The van der Waals surface area contributed by atoms with Crippen LogP contribution in [-0.4, -0.2) is 22.4 Å². The van der Waals surface area contributed by atoms with Gasteiger partial charge in [0.15, 0.2) is 9.04 Å². The molecule has 0 amide bonds. The summed E-state index contributed by atoms with van der Waals surface area (Å²) in [5.41, 5.74) is 0. The first-order chi connectivity index (χ1) is 3.98. The van der Waals surface area contributed by atoms with Gasteiger partial charge < -0.3 is 8.91 Å². The minimum absolute atomic E-state index is 0.692. The lowest BCUT2D eigenvalue weighted by Crippen LogP contribution is -2.37. The molecule has 0 aromatic heterocycles. The molecule has 0 rings (SSSR count). The van der Waals surface area contributed by atoms with E-state index < -0.39 is 17.6 Å². The average Bonchev–Trinajstić information content (AvgIpc) is 1.63. The Labute approximate surface area is 59.8 Å². The van der Waals surface area contributed by atoms with E-state index in [1.165, 1.54) is 0 Å². The minimum Gasteiger partial charge on any atom is -0.436 e. The fourth-order valence-corrected chi connectivity index (χ4v) is 4.61. The summed E-state index contributed by atoms with van der Waals surface area (Å²) in [6, 6.07) is 0.794. The molecule has 0 bridgehead atoms. The summed E-state index contributed by atoms with van der Waals surface area (Å²) in [6.45, 7) is 7.89. The van der Waals surface area contributed by atoms with Gasteiger partial charge in [0, 0.05) is 0 Å². The van der Waals surface area contributed by atoms with E-state index in [1.807, 2.05) is 26.6 Å². The molecule has 0 spiro atoms. The number of hydrogen-bond donors (Lipinski definition) is 1. The fourth-order valence-electron chi connectivity index (χ4n) is 0.512. The van der Waals surface area contributed by atoms with Crippen molar-refractivity contribution in [1.82, 2.24) is 0 Å². The van der Waals surface area contributed by atoms with Crippen molar-refractivity contribution in [2.24, 2.45) is 0 Å². The summed E-state index contributed by atoms with van der Waals surface area (Å²) in [5.74, 6) is 0. The van der Waals surface area contributed by atoms with E-state index in [-0.39, 0.29) is 0 Å². The maximum atomic E-state index is 9.44. The highest BCUT2D eigenvalue weighted by molar-refractivity contribution is 6.72.